The van der Waals surface area contributed by atoms with E-state index >= 15 is 0 Å². The monoisotopic (exact) mass is 334 g/mol. The summed E-state index contributed by atoms with van der Waals surface area (Å²) in [5, 5.41) is 0. The molecular formula is C18H19ClO4. The Kier molecular flexibility index (Phi) is 5.39. The molecule has 0 N–H and O–H groups in total. The van der Waals surface area contributed by atoms with Crippen molar-refractivity contribution in [1.29, 1.82) is 0 Å². The Labute approximate surface area is 140 Å². The molecule has 1 saturated heterocycles. The van der Waals surface area contributed by atoms with Gasteiger partial charge < -0.3 is 9.47 Å². The highest BCUT2D eigenvalue weighted by atomic mass is 35.5. The SMILES string of the molecule is ClCC1CCCOC(Oc2ccccc2)(Oc2ccccc2)O1. The van der Waals surface area contributed by atoms with Crippen molar-refractivity contribution in [3.05, 3.63) is 60.7 Å². The summed E-state index contributed by atoms with van der Waals surface area (Å²) >= 11 is 5.99. The first-order valence-electron chi connectivity index (χ1n) is 7.65. The molecule has 1 aliphatic rings. The van der Waals surface area contributed by atoms with Gasteiger partial charge in [-0.1, -0.05) is 36.4 Å². The van der Waals surface area contributed by atoms with Crippen LogP contribution >= 0.6 is 11.6 Å². The Morgan fingerprint density at radius 1 is 0.957 bits per heavy atom. The van der Waals surface area contributed by atoms with Crippen molar-refractivity contribution in [2.24, 2.45) is 0 Å². The van der Waals surface area contributed by atoms with Crippen molar-refractivity contribution in [2.45, 2.75) is 25.1 Å². The second kappa shape index (κ2) is 7.68. The Balaban J connectivity index is 1.87. The minimum absolute atomic E-state index is 0.202. The Bertz CT molecular complexity index is 549. The maximum Gasteiger partial charge on any atom is 0.510 e. The van der Waals surface area contributed by atoms with E-state index in [0.29, 0.717) is 24.0 Å². The molecular weight excluding hydrogens is 316 g/mol. The Morgan fingerprint density at radius 2 is 1.52 bits per heavy atom. The second-order valence-electron chi connectivity index (χ2n) is 5.22. The first-order valence-corrected chi connectivity index (χ1v) is 8.19. The highest BCUT2D eigenvalue weighted by Crippen LogP contribution is 2.30. The van der Waals surface area contributed by atoms with Crippen LogP contribution in [-0.2, 0) is 9.47 Å². The van der Waals surface area contributed by atoms with Gasteiger partial charge in [0.05, 0.1) is 12.7 Å². The van der Waals surface area contributed by atoms with E-state index < -0.39 is 6.16 Å². The van der Waals surface area contributed by atoms with Gasteiger partial charge in [-0.2, -0.15) is 0 Å². The van der Waals surface area contributed by atoms with Gasteiger partial charge >= 0.3 is 6.16 Å². The van der Waals surface area contributed by atoms with Crippen LogP contribution in [0.3, 0.4) is 0 Å². The van der Waals surface area contributed by atoms with Crippen molar-refractivity contribution in [2.75, 3.05) is 12.5 Å². The zero-order valence-electron chi connectivity index (χ0n) is 12.7. The maximum absolute atomic E-state index is 5.99. The fourth-order valence-corrected chi connectivity index (χ4v) is 2.52. The molecule has 2 aromatic carbocycles. The van der Waals surface area contributed by atoms with Gasteiger partial charge in [0, 0.05) is 5.88 Å². The van der Waals surface area contributed by atoms with Crippen LogP contribution in [-0.4, -0.2) is 24.8 Å². The number of benzene rings is 2. The van der Waals surface area contributed by atoms with Gasteiger partial charge in [-0.3, -0.25) is 9.47 Å². The number of alkyl halides is 1. The topological polar surface area (TPSA) is 36.9 Å². The molecule has 0 saturated carbocycles. The number of para-hydroxylation sites is 2. The number of halogens is 1. The number of hydrogen-bond acceptors (Lipinski definition) is 4. The van der Waals surface area contributed by atoms with E-state index in [0.717, 1.165) is 12.8 Å². The molecule has 4 nitrogen and oxygen atoms in total. The number of ether oxygens (including phenoxy) is 4. The van der Waals surface area contributed by atoms with Gasteiger partial charge in [0.2, 0.25) is 0 Å². The van der Waals surface area contributed by atoms with Crippen LogP contribution in [0.4, 0.5) is 0 Å². The summed E-state index contributed by atoms with van der Waals surface area (Å²) in [4.78, 5) is 0. The molecule has 2 aromatic rings. The van der Waals surface area contributed by atoms with Crippen molar-refractivity contribution < 1.29 is 18.9 Å². The van der Waals surface area contributed by atoms with Crippen molar-refractivity contribution >= 4 is 11.6 Å². The van der Waals surface area contributed by atoms with Crippen LogP contribution < -0.4 is 9.47 Å². The highest BCUT2D eigenvalue weighted by molar-refractivity contribution is 6.18. The Morgan fingerprint density at radius 3 is 2.04 bits per heavy atom. The normalized spacial score (nSPS) is 20.5. The van der Waals surface area contributed by atoms with Crippen molar-refractivity contribution in [1.82, 2.24) is 0 Å². The fourth-order valence-electron chi connectivity index (χ4n) is 2.31. The lowest BCUT2D eigenvalue weighted by molar-refractivity contribution is -0.442. The standard InChI is InChI=1S/C18H19ClO4/c19-14-17-12-7-13-20-18(23-17,21-15-8-3-1-4-9-15)22-16-10-5-2-6-11-16/h1-6,8-11,17H,7,12-14H2. The quantitative estimate of drug-likeness (QED) is 0.607. The van der Waals surface area contributed by atoms with E-state index in [9.17, 15) is 0 Å². The van der Waals surface area contributed by atoms with Crippen LogP contribution in [0.5, 0.6) is 11.5 Å². The zero-order valence-corrected chi connectivity index (χ0v) is 13.4. The summed E-state index contributed by atoms with van der Waals surface area (Å²) in [5.41, 5.74) is 0. The van der Waals surface area contributed by atoms with Gasteiger partial charge in [-0.25, -0.2) is 0 Å². The van der Waals surface area contributed by atoms with E-state index in [-0.39, 0.29) is 6.10 Å². The van der Waals surface area contributed by atoms with E-state index in [1.165, 1.54) is 0 Å². The molecule has 1 heterocycles. The molecule has 5 heteroatoms. The van der Waals surface area contributed by atoms with Gasteiger partial charge in [-0.05, 0) is 37.1 Å². The van der Waals surface area contributed by atoms with E-state index in [1.807, 2.05) is 60.7 Å². The van der Waals surface area contributed by atoms with E-state index in [1.54, 1.807) is 0 Å². The molecule has 0 radical (unpaired) electrons. The molecule has 1 fully saturated rings. The molecule has 3 rings (SSSR count). The molecule has 1 aliphatic heterocycles. The van der Waals surface area contributed by atoms with Crippen LogP contribution in [0.25, 0.3) is 0 Å². The zero-order chi connectivity index (χ0) is 16.0. The molecule has 0 bridgehead atoms. The lowest BCUT2D eigenvalue weighted by atomic mass is 10.2. The van der Waals surface area contributed by atoms with Crippen LogP contribution in [0.1, 0.15) is 12.8 Å². The molecule has 0 amide bonds. The summed E-state index contributed by atoms with van der Waals surface area (Å²) in [6.45, 7) is 0.465. The average Bonchev–Trinajstić information content (AvgIpc) is 2.79. The maximum atomic E-state index is 5.99. The lowest BCUT2D eigenvalue weighted by Gasteiger charge is -2.32. The van der Waals surface area contributed by atoms with Gasteiger partial charge in [-0.15, -0.1) is 11.6 Å². The van der Waals surface area contributed by atoms with Crippen LogP contribution in [0.2, 0.25) is 0 Å². The van der Waals surface area contributed by atoms with Gasteiger partial charge in [0.15, 0.2) is 0 Å². The molecule has 0 spiro atoms. The second-order valence-corrected chi connectivity index (χ2v) is 5.52. The molecule has 1 unspecified atom stereocenters. The predicted molar refractivity (Wildman–Crippen MR) is 87.7 cm³/mol. The van der Waals surface area contributed by atoms with Crippen LogP contribution in [0.15, 0.2) is 60.7 Å². The third-order valence-electron chi connectivity index (χ3n) is 3.40. The molecule has 0 aliphatic carbocycles. The molecule has 23 heavy (non-hydrogen) atoms. The molecule has 0 aromatic heterocycles. The lowest BCUT2D eigenvalue weighted by Crippen LogP contribution is -2.49. The largest absolute Gasteiger partial charge is 0.510 e. The van der Waals surface area contributed by atoms with Crippen LogP contribution in [0, 0.1) is 0 Å². The number of hydrogen-bond donors (Lipinski definition) is 0. The van der Waals surface area contributed by atoms with Crippen molar-refractivity contribution in [3.8, 4) is 11.5 Å². The van der Waals surface area contributed by atoms with Gasteiger partial charge in [0.25, 0.3) is 0 Å². The summed E-state index contributed by atoms with van der Waals surface area (Å²) in [6.07, 6.45) is -0.220. The third-order valence-corrected chi connectivity index (χ3v) is 3.75. The Hall–Kier alpha value is -1.75. The predicted octanol–water partition coefficient (Wildman–Crippen LogP) is 4.19. The van der Waals surface area contributed by atoms with Gasteiger partial charge in [0.1, 0.15) is 11.5 Å². The third kappa shape index (κ3) is 4.38. The highest BCUT2D eigenvalue weighted by Gasteiger charge is 2.43. The van der Waals surface area contributed by atoms with E-state index in [4.69, 9.17) is 30.5 Å². The van der Waals surface area contributed by atoms with E-state index in [2.05, 4.69) is 0 Å². The smallest absolute Gasteiger partial charge is 0.407 e. The molecule has 122 valence electrons. The fraction of sp³-hybridized carbons (Fsp3) is 0.333. The average molecular weight is 335 g/mol. The first kappa shape index (κ1) is 16.1. The number of rotatable bonds is 5. The minimum atomic E-state index is -1.64. The molecule has 1 atom stereocenters. The minimum Gasteiger partial charge on any atom is -0.407 e. The summed E-state index contributed by atoms with van der Waals surface area (Å²) in [5.74, 6) is 1.54. The first-order chi connectivity index (χ1) is 11.3. The van der Waals surface area contributed by atoms with Crippen molar-refractivity contribution in [3.63, 3.8) is 0 Å². The summed E-state index contributed by atoms with van der Waals surface area (Å²) in [6, 6.07) is 18.6. The summed E-state index contributed by atoms with van der Waals surface area (Å²) < 4.78 is 23.6. The summed E-state index contributed by atoms with van der Waals surface area (Å²) in [7, 11) is 0.